The van der Waals surface area contributed by atoms with Crippen molar-refractivity contribution in [1.29, 1.82) is 0 Å². The molecule has 79 heavy (non-hydrogen) atoms. The van der Waals surface area contributed by atoms with E-state index in [9.17, 15) is 27.4 Å². The maximum Gasteiger partial charge on any atom is 0.333 e. The molecule has 1 N–H and O–H groups in total. The van der Waals surface area contributed by atoms with Crippen LogP contribution in [0.25, 0.3) is 11.1 Å². The van der Waals surface area contributed by atoms with Crippen LogP contribution in [0.2, 0.25) is 0 Å². The van der Waals surface area contributed by atoms with E-state index in [0.717, 1.165) is 50.6 Å². The summed E-state index contributed by atoms with van der Waals surface area (Å²) >= 11 is 0. The molecule has 3 aromatic rings. The summed E-state index contributed by atoms with van der Waals surface area (Å²) in [7, 11) is -2.80. The Morgan fingerprint density at radius 2 is 1.34 bits per heavy atom. The van der Waals surface area contributed by atoms with Crippen molar-refractivity contribution >= 4 is 50.4 Å². The Labute approximate surface area is 465 Å². The molecule has 2 amide bonds. The van der Waals surface area contributed by atoms with Gasteiger partial charge in [0, 0.05) is 79.1 Å². The monoisotopic (exact) mass is 1110 g/mol. The molecule has 1 saturated heterocycles. The summed E-state index contributed by atoms with van der Waals surface area (Å²) in [6.07, 6.45) is 20.0. The number of carbonyl (C=O) groups excluding carboxylic acids is 3. The predicted octanol–water partition coefficient (Wildman–Crippen LogP) is 9.70. The summed E-state index contributed by atoms with van der Waals surface area (Å²) in [5.41, 5.74) is 8.05. The van der Waals surface area contributed by atoms with Gasteiger partial charge in [0.2, 0.25) is 0 Å². The Balaban J connectivity index is 0.978. The molecule has 3 aromatic carbocycles. The van der Waals surface area contributed by atoms with Gasteiger partial charge in [0.25, 0.3) is 21.9 Å². The maximum absolute atomic E-state index is 12.4. The van der Waals surface area contributed by atoms with Crippen LogP contribution in [0.3, 0.4) is 0 Å². The molecule has 0 aliphatic carbocycles. The number of amides is 2. The van der Waals surface area contributed by atoms with E-state index in [1.807, 2.05) is 68.5 Å². The van der Waals surface area contributed by atoms with Crippen molar-refractivity contribution in [2.75, 3.05) is 103 Å². The summed E-state index contributed by atoms with van der Waals surface area (Å²) in [6.45, 7) is 17.4. The molecule has 18 heteroatoms. The lowest BCUT2D eigenvalue weighted by Crippen LogP contribution is -2.47. The predicted molar refractivity (Wildman–Crippen MR) is 303 cm³/mol. The van der Waals surface area contributed by atoms with E-state index in [2.05, 4.69) is 73.1 Å². The molecule has 17 nitrogen and oxygen atoms in total. The third-order valence-corrected chi connectivity index (χ3v) is 14.9. The number of fused-ring (bicyclic) bond motifs is 3. The Morgan fingerprint density at radius 1 is 0.722 bits per heavy atom. The van der Waals surface area contributed by atoms with E-state index in [4.69, 9.17) is 38.0 Å². The van der Waals surface area contributed by atoms with Crippen LogP contribution in [-0.4, -0.2) is 134 Å². The number of hydroxylamine groups is 2. The average Bonchev–Trinajstić information content (AvgIpc) is 4.08. The molecule has 1 atom stereocenters. The number of unbranched alkanes of at least 4 members (excludes halogenated alkanes) is 2. The highest BCUT2D eigenvalue weighted by Gasteiger charge is 2.41. The third-order valence-electron chi connectivity index (χ3n) is 14.1. The summed E-state index contributed by atoms with van der Waals surface area (Å²) in [4.78, 5) is 45.6. The maximum atomic E-state index is 12.4. The largest absolute Gasteiger partial charge is 0.481 e. The molecule has 1 fully saturated rings. The number of nitrogens with zero attached hydrogens (tertiary/aromatic N) is 3. The van der Waals surface area contributed by atoms with Gasteiger partial charge in [-0.2, -0.15) is 8.42 Å². The lowest BCUT2D eigenvalue weighted by molar-refractivity contribution is -0.197. The van der Waals surface area contributed by atoms with Crippen molar-refractivity contribution in [3.8, 4) is 5.75 Å². The molecular weight excluding hydrogens is 1030 g/mol. The Kier molecular flexibility index (Phi) is 22.0. The van der Waals surface area contributed by atoms with Gasteiger partial charge in [-0.1, -0.05) is 93.1 Å². The summed E-state index contributed by atoms with van der Waals surface area (Å²) in [5.74, 6) is -0.878. The number of benzene rings is 3. The molecule has 0 aromatic heterocycles. The van der Waals surface area contributed by atoms with Crippen LogP contribution >= 0.6 is 0 Å². The normalized spacial score (nSPS) is 18.2. The fraction of sp³-hybridized carbons (Fsp3) is 0.459. The molecule has 1 unspecified atom stereocenters. The molecular formula is C61H77N3O14S. The smallest absolute Gasteiger partial charge is 0.333 e. The van der Waals surface area contributed by atoms with E-state index in [0.29, 0.717) is 110 Å². The molecule has 0 bridgehead atoms. The van der Waals surface area contributed by atoms with Gasteiger partial charge in [-0.3, -0.25) is 14.1 Å². The van der Waals surface area contributed by atoms with Gasteiger partial charge in [-0.25, -0.2) is 4.79 Å². The molecule has 4 heterocycles. The van der Waals surface area contributed by atoms with Crippen LogP contribution in [0.5, 0.6) is 5.75 Å². The Bertz CT molecular complexity index is 2870. The van der Waals surface area contributed by atoms with Gasteiger partial charge >= 0.3 is 5.97 Å². The van der Waals surface area contributed by atoms with E-state index in [-0.39, 0.29) is 35.8 Å². The fourth-order valence-electron chi connectivity index (χ4n) is 10.1. The lowest BCUT2D eigenvalue weighted by Gasteiger charge is -2.44. The first-order valence-electron chi connectivity index (χ1n) is 27.1. The summed E-state index contributed by atoms with van der Waals surface area (Å²) in [5, 5.41) is 0.563. The molecule has 0 spiro atoms. The molecule has 4 aliphatic rings. The van der Waals surface area contributed by atoms with Gasteiger partial charge in [0.15, 0.2) is 0 Å². The zero-order valence-corrected chi connectivity index (χ0v) is 47.3. The number of allylic oxidation sites excluding steroid dienone is 10. The van der Waals surface area contributed by atoms with Crippen LogP contribution in [-0.2, 0) is 63.2 Å². The average molecular weight is 1110 g/mol. The van der Waals surface area contributed by atoms with Crippen molar-refractivity contribution in [2.24, 2.45) is 0 Å². The van der Waals surface area contributed by atoms with E-state index in [1.54, 1.807) is 13.2 Å². The van der Waals surface area contributed by atoms with Crippen molar-refractivity contribution in [3.63, 3.8) is 0 Å². The first-order valence-corrected chi connectivity index (χ1v) is 28.6. The number of rotatable bonds is 31. The highest BCUT2D eigenvalue weighted by Crippen LogP contribution is 2.49. The fourth-order valence-corrected chi connectivity index (χ4v) is 10.6. The van der Waals surface area contributed by atoms with Gasteiger partial charge in [-0.15, -0.1) is 5.06 Å². The van der Waals surface area contributed by atoms with Crippen molar-refractivity contribution in [3.05, 3.63) is 143 Å². The zero-order valence-electron chi connectivity index (χ0n) is 46.5. The van der Waals surface area contributed by atoms with Gasteiger partial charge in [0.05, 0.1) is 83.1 Å². The number of hydrogen-bond acceptors (Lipinski definition) is 15. The van der Waals surface area contributed by atoms with Crippen LogP contribution in [0.1, 0.15) is 102 Å². The first kappa shape index (κ1) is 60.4. The molecule has 4 aliphatic heterocycles. The van der Waals surface area contributed by atoms with Gasteiger partial charge in [-0.05, 0) is 92.3 Å². The number of imide groups is 1. The number of carbonyl (C=O) groups is 3. The number of hydrogen-bond donors (Lipinski definition) is 1. The highest BCUT2D eigenvalue weighted by molar-refractivity contribution is 7.85. The minimum Gasteiger partial charge on any atom is -0.481 e. The topological polar surface area (TPSA) is 189 Å². The van der Waals surface area contributed by atoms with Crippen LogP contribution < -0.4 is 14.5 Å². The van der Waals surface area contributed by atoms with Crippen LogP contribution in [0.4, 0.5) is 11.4 Å². The standard InChI is InChI=1S/C61H77N3O14S/c1-45-44-60(2,3)63(28-29-72-32-33-74-36-37-76-39-38-75-35-34-73-31-30-71-6)53-43-55-50(42-49(45)53)47(40-54(77-55)46-18-13-10-14-19-46)20-12-8-7-9-15-21-56-61(4,5)51-41-48(79(68,69)70)23-24-52(51)62(56)27-17-11-16-22-59(67)78-64-57(65)25-26-58(64)66/h7-10,12-15,18-21,23-24,40-44,54H,11,16-17,22,25-39H2,1-6H3,(H,68,69,70)/b8-7+,15-9+,20-12+,56-21-. The second kappa shape index (κ2) is 28.8. The second-order valence-corrected chi connectivity index (χ2v) is 22.0. The SMILES string of the molecule is COCCOCCOCCOCCOCCOCCN1c2cc3c(cc2C(C)=CC1(C)C)C(/C=C/C=C/C=C/C=C1\N(CCCCCC(=O)ON2C(=O)CCC2=O)c2ccc(S(=O)(=O)O)cc2C1(C)C)=CC(c1ccccc1)O3. The van der Waals surface area contributed by atoms with E-state index in [1.165, 1.54) is 17.7 Å². The molecule has 426 valence electrons. The molecule has 0 radical (unpaired) electrons. The Hall–Kier alpha value is -6.22. The first-order chi connectivity index (χ1) is 38.0. The van der Waals surface area contributed by atoms with Gasteiger partial charge < -0.3 is 47.8 Å². The van der Waals surface area contributed by atoms with Crippen molar-refractivity contribution in [1.82, 2.24) is 5.06 Å². The summed E-state index contributed by atoms with van der Waals surface area (Å²) < 4.78 is 74.4. The van der Waals surface area contributed by atoms with Crippen LogP contribution in [0, 0.1) is 0 Å². The number of ether oxygens (including phenoxy) is 7. The summed E-state index contributed by atoms with van der Waals surface area (Å²) in [6, 6.07) is 19.2. The zero-order chi connectivity index (χ0) is 56.4. The minimum atomic E-state index is -4.44. The minimum absolute atomic E-state index is 0.0326. The Morgan fingerprint density at radius 3 is 1.99 bits per heavy atom. The highest BCUT2D eigenvalue weighted by atomic mass is 32.2. The molecule has 0 saturated carbocycles. The van der Waals surface area contributed by atoms with E-state index >= 15 is 0 Å². The van der Waals surface area contributed by atoms with Crippen LogP contribution in [0.15, 0.2) is 126 Å². The number of anilines is 2. The number of methoxy groups -OCH3 is 1. The quantitative estimate of drug-likeness (QED) is 0.0277. The molecule has 7 rings (SSSR count). The van der Waals surface area contributed by atoms with Crippen molar-refractivity contribution < 1.29 is 65.3 Å². The van der Waals surface area contributed by atoms with Crippen molar-refractivity contribution in [2.45, 2.75) is 95.1 Å². The van der Waals surface area contributed by atoms with Gasteiger partial charge in [0.1, 0.15) is 11.9 Å². The third kappa shape index (κ3) is 16.4. The lowest BCUT2D eigenvalue weighted by atomic mass is 9.83. The van der Waals surface area contributed by atoms with E-state index < -0.39 is 33.3 Å². The second-order valence-electron chi connectivity index (χ2n) is 20.6.